The van der Waals surface area contributed by atoms with Crippen LogP contribution in [0.2, 0.25) is 0 Å². The first-order chi connectivity index (χ1) is 8.15. The summed E-state index contributed by atoms with van der Waals surface area (Å²) in [5.74, 6) is 0. The summed E-state index contributed by atoms with van der Waals surface area (Å²) in [6, 6.07) is 0. The minimum atomic E-state index is -0.371. The summed E-state index contributed by atoms with van der Waals surface area (Å²) in [5.41, 5.74) is 0.559. The maximum absolute atomic E-state index is 12.4. The van der Waals surface area contributed by atoms with Gasteiger partial charge in [-0.05, 0) is 48.5 Å². The highest BCUT2D eigenvalue weighted by atomic mass is 16.5. The van der Waals surface area contributed by atoms with E-state index >= 15 is 0 Å². The molecule has 0 N–H and O–H groups in total. The van der Waals surface area contributed by atoms with Gasteiger partial charge in [0, 0.05) is 5.57 Å². The normalized spacial score (nSPS) is 23.2. The standard InChI is InChI=1S/C15H30N2O/c1-8-17(9-2,10-3)12-13-11-14(4,5)16(18)15(13,6)7/h11H,8-10,12H2,1-7H3/q+1. The van der Waals surface area contributed by atoms with Gasteiger partial charge in [-0.25, -0.2) is 0 Å². The van der Waals surface area contributed by atoms with Gasteiger partial charge in [0.15, 0.2) is 0 Å². The third-order valence-electron chi connectivity index (χ3n) is 4.86. The maximum Gasteiger partial charge on any atom is 0.102 e. The van der Waals surface area contributed by atoms with Gasteiger partial charge in [-0.15, -0.1) is 10.3 Å². The van der Waals surface area contributed by atoms with Crippen molar-refractivity contribution < 1.29 is 9.69 Å². The van der Waals surface area contributed by atoms with Crippen LogP contribution in [0.4, 0.5) is 0 Å². The van der Waals surface area contributed by atoms with Gasteiger partial charge in [-0.3, -0.25) is 0 Å². The lowest BCUT2D eigenvalue weighted by Crippen LogP contribution is -2.53. The molecule has 0 spiro atoms. The summed E-state index contributed by atoms with van der Waals surface area (Å²) < 4.78 is 1.07. The van der Waals surface area contributed by atoms with Gasteiger partial charge >= 0.3 is 0 Å². The van der Waals surface area contributed by atoms with Crippen LogP contribution >= 0.6 is 0 Å². The molecule has 0 saturated heterocycles. The average Bonchev–Trinajstić information content (AvgIpc) is 2.47. The Morgan fingerprint density at radius 1 is 1.06 bits per heavy atom. The van der Waals surface area contributed by atoms with E-state index in [9.17, 15) is 5.21 Å². The predicted octanol–water partition coefficient (Wildman–Crippen LogP) is 3.01. The van der Waals surface area contributed by atoms with Crippen LogP contribution in [0.15, 0.2) is 11.6 Å². The van der Waals surface area contributed by atoms with E-state index < -0.39 is 0 Å². The van der Waals surface area contributed by atoms with Gasteiger partial charge in [0.2, 0.25) is 0 Å². The van der Waals surface area contributed by atoms with Crippen molar-refractivity contribution in [2.75, 3.05) is 26.2 Å². The highest BCUT2D eigenvalue weighted by Crippen LogP contribution is 2.39. The van der Waals surface area contributed by atoms with Gasteiger partial charge < -0.3 is 4.48 Å². The van der Waals surface area contributed by atoms with E-state index in [4.69, 9.17) is 0 Å². The van der Waals surface area contributed by atoms with E-state index in [-0.39, 0.29) is 11.1 Å². The van der Waals surface area contributed by atoms with Crippen molar-refractivity contribution in [2.24, 2.45) is 0 Å². The SMILES string of the molecule is CC[N+](CC)(CC)CC1=CC(C)(C)N([O])C1(C)C. The fourth-order valence-corrected chi connectivity index (χ4v) is 3.12. The number of quaternary nitrogens is 1. The Balaban J connectivity index is 3.04. The molecule has 105 valence electrons. The number of nitrogens with zero attached hydrogens (tertiary/aromatic N) is 2. The summed E-state index contributed by atoms with van der Waals surface area (Å²) in [5, 5.41) is 13.6. The highest BCUT2D eigenvalue weighted by Gasteiger charge is 2.48. The number of hydroxylamine groups is 2. The second-order valence-electron chi connectivity index (χ2n) is 6.63. The molecule has 0 amide bonds. The van der Waals surface area contributed by atoms with Crippen molar-refractivity contribution in [1.29, 1.82) is 0 Å². The van der Waals surface area contributed by atoms with Crippen molar-refractivity contribution in [3.05, 3.63) is 11.6 Å². The Labute approximate surface area is 113 Å². The molecule has 1 aliphatic heterocycles. The van der Waals surface area contributed by atoms with Crippen LogP contribution in [0.5, 0.6) is 0 Å². The fraction of sp³-hybridized carbons (Fsp3) is 0.867. The Morgan fingerprint density at radius 3 is 1.78 bits per heavy atom. The van der Waals surface area contributed by atoms with Crippen LogP contribution in [-0.4, -0.2) is 46.8 Å². The summed E-state index contributed by atoms with van der Waals surface area (Å²) in [7, 11) is 0. The van der Waals surface area contributed by atoms with Crippen molar-refractivity contribution in [3.63, 3.8) is 0 Å². The van der Waals surface area contributed by atoms with E-state index in [2.05, 4.69) is 40.7 Å². The van der Waals surface area contributed by atoms with Crippen molar-refractivity contribution >= 4 is 0 Å². The monoisotopic (exact) mass is 254 g/mol. The molecular formula is C15H30N2O+. The van der Waals surface area contributed by atoms with Gasteiger partial charge in [0.25, 0.3) is 0 Å². The smallest absolute Gasteiger partial charge is 0.102 e. The van der Waals surface area contributed by atoms with E-state index in [1.165, 1.54) is 10.6 Å². The van der Waals surface area contributed by atoms with Crippen LogP contribution in [0.25, 0.3) is 0 Å². The summed E-state index contributed by atoms with van der Waals surface area (Å²) in [6.45, 7) is 19.2. The molecule has 3 heteroatoms. The minimum Gasteiger partial charge on any atom is -0.321 e. The number of hydrogen-bond acceptors (Lipinski definition) is 1. The molecule has 18 heavy (non-hydrogen) atoms. The molecule has 0 aromatic rings. The van der Waals surface area contributed by atoms with Gasteiger partial charge in [-0.1, -0.05) is 6.08 Å². The van der Waals surface area contributed by atoms with Crippen molar-refractivity contribution in [3.8, 4) is 0 Å². The molecule has 1 heterocycles. The Bertz CT molecular complexity index is 319. The topological polar surface area (TPSA) is 23.1 Å². The Hall–Kier alpha value is -0.380. The van der Waals surface area contributed by atoms with Crippen LogP contribution in [0.1, 0.15) is 48.5 Å². The maximum atomic E-state index is 12.4. The van der Waals surface area contributed by atoms with E-state index in [1.54, 1.807) is 0 Å². The lowest BCUT2D eigenvalue weighted by molar-refractivity contribution is -0.919. The van der Waals surface area contributed by atoms with E-state index in [0.717, 1.165) is 30.7 Å². The second-order valence-corrected chi connectivity index (χ2v) is 6.63. The number of likely N-dealkylation sites (N-methyl/N-ethyl adjacent to an activating group) is 1. The largest absolute Gasteiger partial charge is 0.321 e. The first kappa shape index (κ1) is 15.7. The van der Waals surface area contributed by atoms with Crippen molar-refractivity contribution in [2.45, 2.75) is 59.5 Å². The molecule has 1 aliphatic rings. The summed E-state index contributed by atoms with van der Waals surface area (Å²) in [4.78, 5) is 0. The predicted molar refractivity (Wildman–Crippen MR) is 75.5 cm³/mol. The molecule has 0 fully saturated rings. The van der Waals surface area contributed by atoms with Gasteiger partial charge in [0.1, 0.15) is 6.54 Å². The van der Waals surface area contributed by atoms with Crippen LogP contribution in [0, 0.1) is 0 Å². The lowest BCUT2D eigenvalue weighted by atomic mass is 9.95. The highest BCUT2D eigenvalue weighted by molar-refractivity contribution is 5.29. The molecule has 0 aliphatic carbocycles. The summed E-state index contributed by atoms with van der Waals surface area (Å²) >= 11 is 0. The summed E-state index contributed by atoms with van der Waals surface area (Å²) in [6.07, 6.45) is 2.19. The lowest BCUT2D eigenvalue weighted by Gasteiger charge is -2.40. The molecule has 0 atom stereocenters. The minimum absolute atomic E-state index is 0.369. The third-order valence-corrected chi connectivity index (χ3v) is 4.86. The first-order valence-corrected chi connectivity index (χ1v) is 7.20. The zero-order chi connectivity index (χ0) is 14.2. The van der Waals surface area contributed by atoms with Crippen LogP contribution in [0.3, 0.4) is 0 Å². The van der Waals surface area contributed by atoms with Crippen molar-refractivity contribution in [1.82, 2.24) is 5.06 Å². The Morgan fingerprint density at radius 2 is 1.50 bits per heavy atom. The molecule has 0 unspecified atom stereocenters. The zero-order valence-corrected chi connectivity index (χ0v) is 13.2. The molecule has 0 saturated carbocycles. The molecule has 0 bridgehead atoms. The quantitative estimate of drug-likeness (QED) is 0.546. The number of rotatable bonds is 5. The second kappa shape index (κ2) is 4.95. The third kappa shape index (κ3) is 2.49. The zero-order valence-electron chi connectivity index (χ0n) is 13.2. The van der Waals surface area contributed by atoms with Gasteiger partial charge in [-0.2, -0.15) is 0 Å². The average molecular weight is 254 g/mol. The van der Waals surface area contributed by atoms with E-state index in [1.807, 2.05) is 13.8 Å². The molecule has 3 nitrogen and oxygen atoms in total. The van der Waals surface area contributed by atoms with Crippen LogP contribution in [-0.2, 0) is 5.21 Å². The fourth-order valence-electron chi connectivity index (χ4n) is 3.12. The Kier molecular flexibility index (Phi) is 4.31. The molecular weight excluding hydrogens is 224 g/mol. The molecule has 1 radical (unpaired) electrons. The van der Waals surface area contributed by atoms with E-state index in [0.29, 0.717) is 0 Å². The molecule has 0 aromatic carbocycles. The molecule has 1 rings (SSSR count). The first-order valence-electron chi connectivity index (χ1n) is 7.20. The van der Waals surface area contributed by atoms with Gasteiger partial charge in [0.05, 0.1) is 30.7 Å². The van der Waals surface area contributed by atoms with Crippen LogP contribution < -0.4 is 0 Å². The molecule has 0 aromatic heterocycles. The number of hydrogen-bond donors (Lipinski definition) is 0.